The number of carbonyl (C=O) groups excluding carboxylic acids is 1. The van der Waals surface area contributed by atoms with E-state index in [1.807, 2.05) is 6.92 Å². The average Bonchev–Trinajstić information content (AvgIpc) is 3.01. The molecule has 4 aliphatic rings. The fourth-order valence-corrected chi connectivity index (χ4v) is 8.40. The van der Waals surface area contributed by atoms with Gasteiger partial charge in [0.2, 0.25) is 0 Å². The Morgan fingerprint density at radius 1 is 1.04 bits per heavy atom. The van der Waals surface area contributed by atoms with Gasteiger partial charge < -0.3 is 14.9 Å². The highest BCUT2D eigenvalue weighted by Crippen LogP contribution is 2.68. The molecule has 0 bridgehead atoms. The lowest BCUT2D eigenvalue weighted by molar-refractivity contribution is -0.179. The van der Waals surface area contributed by atoms with Crippen LogP contribution in [0.1, 0.15) is 72.1 Å². The van der Waals surface area contributed by atoms with E-state index in [4.69, 9.17) is 4.74 Å². The Kier molecular flexibility index (Phi) is 4.91. The molecular formula is C23H38O4. The van der Waals surface area contributed by atoms with Crippen molar-refractivity contribution >= 4 is 5.97 Å². The number of hydrogen-bond donors (Lipinski definition) is 2. The standard InChI is InChI=1S/C23H38O4/c1-13(21(26)27-4)17-7-8-18-16-6-5-14-11-15(24)9-10-22(14,2)19(16)12-20(25)23(17,18)3/h13-20,24-25H,5-12H2,1-4H3/t13-,14+,15+,16+,17-,18+,19+,20+,22+,23-/m1/s1. The predicted octanol–water partition coefficient (Wildman–Crippen LogP) is 3.79. The van der Waals surface area contributed by atoms with Gasteiger partial charge in [-0.3, -0.25) is 4.79 Å². The van der Waals surface area contributed by atoms with E-state index in [1.165, 1.54) is 20.0 Å². The zero-order valence-electron chi connectivity index (χ0n) is 17.5. The van der Waals surface area contributed by atoms with Crippen LogP contribution in [0.5, 0.6) is 0 Å². The minimum absolute atomic E-state index is 0.129. The van der Waals surface area contributed by atoms with Crippen LogP contribution >= 0.6 is 0 Å². The minimum atomic E-state index is -0.342. The first-order valence-electron chi connectivity index (χ1n) is 11.2. The second-order valence-electron chi connectivity index (χ2n) is 10.7. The van der Waals surface area contributed by atoms with Gasteiger partial charge in [-0.1, -0.05) is 20.8 Å². The molecule has 27 heavy (non-hydrogen) atoms. The zero-order chi connectivity index (χ0) is 19.6. The van der Waals surface area contributed by atoms with Gasteiger partial charge in [-0.05, 0) is 86.4 Å². The molecule has 4 heteroatoms. The molecule has 0 aromatic carbocycles. The molecule has 0 unspecified atom stereocenters. The monoisotopic (exact) mass is 378 g/mol. The molecule has 0 heterocycles. The number of carbonyl (C=O) groups is 1. The third-order valence-electron chi connectivity index (χ3n) is 9.99. The first kappa shape index (κ1) is 19.7. The van der Waals surface area contributed by atoms with E-state index in [0.29, 0.717) is 23.7 Å². The van der Waals surface area contributed by atoms with E-state index >= 15 is 0 Å². The Morgan fingerprint density at radius 2 is 1.78 bits per heavy atom. The van der Waals surface area contributed by atoms with E-state index in [-0.39, 0.29) is 40.8 Å². The molecule has 0 aromatic heterocycles. The summed E-state index contributed by atoms with van der Waals surface area (Å²) < 4.78 is 5.04. The zero-order valence-corrected chi connectivity index (χ0v) is 17.5. The van der Waals surface area contributed by atoms with Crippen LogP contribution < -0.4 is 0 Å². The summed E-state index contributed by atoms with van der Waals surface area (Å²) >= 11 is 0. The molecule has 4 rings (SSSR count). The quantitative estimate of drug-likeness (QED) is 0.718. The maximum atomic E-state index is 12.2. The molecule has 0 spiro atoms. The van der Waals surface area contributed by atoms with E-state index in [0.717, 1.165) is 38.5 Å². The van der Waals surface area contributed by atoms with Gasteiger partial charge >= 0.3 is 5.97 Å². The van der Waals surface area contributed by atoms with Crippen LogP contribution in [0.2, 0.25) is 0 Å². The summed E-state index contributed by atoms with van der Waals surface area (Å²) in [6.07, 6.45) is 7.94. The molecule has 4 fully saturated rings. The van der Waals surface area contributed by atoms with Gasteiger partial charge in [0.15, 0.2) is 0 Å². The third kappa shape index (κ3) is 2.73. The van der Waals surface area contributed by atoms with Crippen LogP contribution in [-0.4, -0.2) is 35.5 Å². The second-order valence-corrected chi connectivity index (χ2v) is 10.7. The molecule has 4 nitrogen and oxygen atoms in total. The largest absolute Gasteiger partial charge is 0.469 e. The van der Waals surface area contributed by atoms with Crippen LogP contribution in [0.25, 0.3) is 0 Å². The van der Waals surface area contributed by atoms with Gasteiger partial charge in [0.05, 0.1) is 25.2 Å². The fourth-order valence-electron chi connectivity index (χ4n) is 8.40. The molecule has 0 saturated heterocycles. The molecule has 4 aliphatic carbocycles. The van der Waals surface area contributed by atoms with Crippen molar-refractivity contribution in [3.63, 3.8) is 0 Å². The molecule has 154 valence electrons. The lowest BCUT2D eigenvalue weighted by atomic mass is 9.43. The van der Waals surface area contributed by atoms with E-state index in [1.54, 1.807) is 0 Å². The van der Waals surface area contributed by atoms with Gasteiger partial charge in [0, 0.05) is 5.41 Å². The van der Waals surface area contributed by atoms with Crippen LogP contribution in [0.15, 0.2) is 0 Å². The first-order chi connectivity index (χ1) is 12.7. The number of ether oxygens (including phenoxy) is 1. The van der Waals surface area contributed by atoms with Gasteiger partial charge in [-0.15, -0.1) is 0 Å². The molecule has 0 aromatic rings. The van der Waals surface area contributed by atoms with Crippen LogP contribution in [0, 0.1) is 46.3 Å². The topological polar surface area (TPSA) is 66.8 Å². The summed E-state index contributed by atoms with van der Waals surface area (Å²) in [5.41, 5.74) is 0.0860. The number of methoxy groups -OCH3 is 1. The number of hydrogen-bond acceptors (Lipinski definition) is 4. The van der Waals surface area contributed by atoms with Gasteiger partial charge in [0.1, 0.15) is 0 Å². The molecule has 0 amide bonds. The van der Waals surface area contributed by atoms with Crippen molar-refractivity contribution in [3.8, 4) is 0 Å². The average molecular weight is 379 g/mol. The predicted molar refractivity (Wildman–Crippen MR) is 104 cm³/mol. The van der Waals surface area contributed by atoms with E-state index in [2.05, 4.69) is 13.8 Å². The SMILES string of the molecule is COC(=O)[C@H](C)[C@H]1CC[C@H]2[C@@H]3CC[C@H]4C[C@@H](O)CC[C@]4(C)[C@H]3C[C@H](O)[C@]12C. The van der Waals surface area contributed by atoms with E-state index < -0.39 is 0 Å². The summed E-state index contributed by atoms with van der Waals surface area (Å²) in [6, 6.07) is 0. The summed E-state index contributed by atoms with van der Waals surface area (Å²) in [7, 11) is 1.47. The van der Waals surface area contributed by atoms with E-state index in [9.17, 15) is 15.0 Å². The number of aliphatic hydroxyl groups is 2. The van der Waals surface area contributed by atoms with Crippen molar-refractivity contribution in [2.24, 2.45) is 46.3 Å². The van der Waals surface area contributed by atoms with Crippen LogP contribution in [0.4, 0.5) is 0 Å². The van der Waals surface area contributed by atoms with Crippen molar-refractivity contribution in [1.82, 2.24) is 0 Å². The number of aliphatic hydroxyl groups excluding tert-OH is 2. The van der Waals surface area contributed by atoms with Crippen molar-refractivity contribution in [2.45, 2.75) is 84.3 Å². The maximum Gasteiger partial charge on any atom is 0.308 e. The van der Waals surface area contributed by atoms with Crippen molar-refractivity contribution in [3.05, 3.63) is 0 Å². The number of rotatable bonds is 2. The van der Waals surface area contributed by atoms with Crippen molar-refractivity contribution in [1.29, 1.82) is 0 Å². The van der Waals surface area contributed by atoms with Gasteiger partial charge in [0.25, 0.3) is 0 Å². The molecule has 10 atom stereocenters. The normalized spacial score (nSPS) is 53.0. The van der Waals surface area contributed by atoms with Gasteiger partial charge in [-0.25, -0.2) is 0 Å². The lowest BCUT2D eigenvalue weighted by Gasteiger charge is -2.62. The summed E-state index contributed by atoms with van der Waals surface area (Å²) in [5, 5.41) is 21.6. The Labute approximate surface area is 164 Å². The fraction of sp³-hybridized carbons (Fsp3) is 0.957. The smallest absolute Gasteiger partial charge is 0.308 e. The Hall–Kier alpha value is -0.610. The van der Waals surface area contributed by atoms with Crippen LogP contribution in [-0.2, 0) is 9.53 Å². The summed E-state index contributed by atoms with van der Waals surface area (Å²) in [4.78, 5) is 12.2. The number of fused-ring (bicyclic) bond motifs is 5. The molecule has 4 saturated carbocycles. The second kappa shape index (κ2) is 6.73. The Balaban J connectivity index is 1.62. The Morgan fingerprint density at radius 3 is 2.48 bits per heavy atom. The van der Waals surface area contributed by atoms with Crippen molar-refractivity contribution in [2.75, 3.05) is 7.11 Å². The highest BCUT2D eigenvalue weighted by molar-refractivity contribution is 5.72. The molecular weight excluding hydrogens is 340 g/mol. The maximum absolute atomic E-state index is 12.2. The molecule has 0 radical (unpaired) electrons. The first-order valence-corrected chi connectivity index (χ1v) is 11.2. The third-order valence-corrected chi connectivity index (χ3v) is 9.99. The minimum Gasteiger partial charge on any atom is -0.469 e. The van der Waals surface area contributed by atoms with Crippen LogP contribution in [0.3, 0.4) is 0 Å². The number of esters is 1. The summed E-state index contributed by atoms with van der Waals surface area (Å²) in [6.45, 7) is 6.69. The Bertz CT molecular complexity index is 591. The highest BCUT2D eigenvalue weighted by Gasteiger charge is 2.64. The molecule has 2 N–H and O–H groups in total. The van der Waals surface area contributed by atoms with Gasteiger partial charge in [-0.2, -0.15) is 0 Å². The molecule has 0 aliphatic heterocycles. The lowest BCUT2D eigenvalue weighted by Crippen LogP contribution is -2.59. The van der Waals surface area contributed by atoms with Crippen molar-refractivity contribution < 1.29 is 19.7 Å². The highest BCUT2D eigenvalue weighted by atomic mass is 16.5. The summed E-state index contributed by atoms with van der Waals surface area (Å²) in [5.74, 6) is 2.26.